The van der Waals surface area contributed by atoms with Crippen molar-refractivity contribution in [1.82, 2.24) is 10.2 Å². The molecular formula is C16H34N2. The minimum Gasteiger partial charge on any atom is -0.316 e. The van der Waals surface area contributed by atoms with Gasteiger partial charge >= 0.3 is 0 Å². The second-order valence-electron chi connectivity index (χ2n) is 6.10. The highest BCUT2D eigenvalue weighted by Gasteiger charge is 2.14. The Bertz CT molecular complexity index is 176. The lowest BCUT2D eigenvalue weighted by molar-refractivity contribution is 0.239. The molecule has 2 nitrogen and oxygen atoms in total. The third-order valence-corrected chi connectivity index (χ3v) is 4.11. The Kier molecular flexibility index (Phi) is 9.59. The second-order valence-corrected chi connectivity index (χ2v) is 6.10. The van der Waals surface area contributed by atoms with Crippen LogP contribution in [0.4, 0.5) is 0 Å². The van der Waals surface area contributed by atoms with Gasteiger partial charge in [-0.3, -0.25) is 0 Å². The summed E-state index contributed by atoms with van der Waals surface area (Å²) < 4.78 is 0. The number of hydrogen-bond acceptors (Lipinski definition) is 2. The first-order chi connectivity index (χ1) is 8.83. The highest BCUT2D eigenvalue weighted by Crippen LogP contribution is 2.12. The predicted octanol–water partition coefficient (Wildman–Crippen LogP) is 3.67. The van der Waals surface area contributed by atoms with E-state index >= 15 is 0 Å². The molecule has 0 aromatic heterocycles. The van der Waals surface area contributed by atoms with Crippen molar-refractivity contribution in [2.45, 2.75) is 64.7 Å². The Morgan fingerprint density at radius 1 is 1.06 bits per heavy atom. The molecule has 0 spiro atoms. The van der Waals surface area contributed by atoms with Crippen LogP contribution in [0.2, 0.25) is 0 Å². The number of piperidine rings is 1. The number of unbranched alkanes of at least 4 members (excludes halogenated alkanes) is 6. The number of nitrogens with one attached hydrogen (secondary N) is 1. The molecule has 0 aromatic carbocycles. The van der Waals surface area contributed by atoms with E-state index in [9.17, 15) is 0 Å². The molecule has 0 saturated carbocycles. The van der Waals surface area contributed by atoms with E-state index in [0.717, 1.165) is 5.92 Å². The molecule has 0 radical (unpaired) electrons. The standard InChI is InChI=1S/C16H34N2/c1-3-4-5-6-7-8-9-13-18(2)15-16-11-10-12-17-14-16/h16-17H,3-15H2,1-2H3. The summed E-state index contributed by atoms with van der Waals surface area (Å²) in [7, 11) is 2.30. The largest absolute Gasteiger partial charge is 0.316 e. The molecule has 2 heteroatoms. The zero-order valence-electron chi connectivity index (χ0n) is 12.7. The highest BCUT2D eigenvalue weighted by atomic mass is 15.1. The van der Waals surface area contributed by atoms with Crippen LogP contribution in [0.5, 0.6) is 0 Å². The third-order valence-electron chi connectivity index (χ3n) is 4.11. The van der Waals surface area contributed by atoms with Crippen LogP contribution in [0.25, 0.3) is 0 Å². The fourth-order valence-electron chi connectivity index (χ4n) is 2.95. The first-order valence-electron chi connectivity index (χ1n) is 8.22. The second kappa shape index (κ2) is 10.8. The average molecular weight is 254 g/mol. The lowest BCUT2D eigenvalue weighted by atomic mass is 9.99. The maximum atomic E-state index is 3.51. The number of rotatable bonds is 10. The van der Waals surface area contributed by atoms with Gasteiger partial charge in [-0.2, -0.15) is 0 Å². The fraction of sp³-hybridized carbons (Fsp3) is 1.00. The van der Waals surface area contributed by atoms with Crippen LogP contribution in [-0.2, 0) is 0 Å². The fourth-order valence-corrected chi connectivity index (χ4v) is 2.95. The van der Waals surface area contributed by atoms with Crippen molar-refractivity contribution >= 4 is 0 Å². The van der Waals surface area contributed by atoms with Crippen molar-refractivity contribution < 1.29 is 0 Å². The molecule has 1 aliphatic rings. The van der Waals surface area contributed by atoms with Gasteiger partial charge in [-0.15, -0.1) is 0 Å². The topological polar surface area (TPSA) is 15.3 Å². The van der Waals surface area contributed by atoms with Crippen LogP contribution >= 0.6 is 0 Å². The molecule has 1 heterocycles. The van der Waals surface area contributed by atoms with Gasteiger partial charge in [-0.05, 0) is 51.9 Å². The van der Waals surface area contributed by atoms with Gasteiger partial charge in [0.2, 0.25) is 0 Å². The molecule has 0 bridgehead atoms. The van der Waals surface area contributed by atoms with Gasteiger partial charge in [0.05, 0.1) is 0 Å². The lowest BCUT2D eigenvalue weighted by Gasteiger charge is -2.27. The van der Waals surface area contributed by atoms with Gasteiger partial charge in [-0.1, -0.05) is 45.4 Å². The van der Waals surface area contributed by atoms with Gasteiger partial charge in [0.25, 0.3) is 0 Å². The van der Waals surface area contributed by atoms with Crippen molar-refractivity contribution in [3.63, 3.8) is 0 Å². The van der Waals surface area contributed by atoms with Crippen molar-refractivity contribution in [2.75, 3.05) is 33.2 Å². The summed E-state index contributed by atoms with van der Waals surface area (Å²) in [6.45, 7) is 7.35. The van der Waals surface area contributed by atoms with Crippen molar-refractivity contribution in [3.8, 4) is 0 Å². The van der Waals surface area contributed by atoms with Crippen LogP contribution in [0, 0.1) is 5.92 Å². The summed E-state index contributed by atoms with van der Waals surface area (Å²) in [5.74, 6) is 0.897. The molecule has 0 amide bonds. The van der Waals surface area contributed by atoms with Gasteiger partial charge in [0.15, 0.2) is 0 Å². The smallest absolute Gasteiger partial charge is 0.00187 e. The first kappa shape index (κ1) is 16.0. The highest BCUT2D eigenvalue weighted by molar-refractivity contribution is 4.71. The normalized spacial score (nSPS) is 20.5. The minimum atomic E-state index is 0.897. The van der Waals surface area contributed by atoms with E-state index in [0.29, 0.717) is 0 Å². The molecule has 1 fully saturated rings. The van der Waals surface area contributed by atoms with E-state index in [1.165, 1.54) is 84.0 Å². The molecule has 1 saturated heterocycles. The zero-order chi connectivity index (χ0) is 13.1. The Morgan fingerprint density at radius 2 is 1.78 bits per heavy atom. The monoisotopic (exact) mass is 254 g/mol. The number of nitrogens with zero attached hydrogens (tertiary/aromatic N) is 1. The molecular weight excluding hydrogens is 220 g/mol. The lowest BCUT2D eigenvalue weighted by Crippen LogP contribution is -2.37. The molecule has 18 heavy (non-hydrogen) atoms. The Morgan fingerprint density at radius 3 is 2.44 bits per heavy atom. The summed E-state index contributed by atoms with van der Waals surface area (Å²) in [4.78, 5) is 2.55. The molecule has 0 aromatic rings. The van der Waals surface area contributed by atoms with Crippen LogP contribution < -0.4 is 5.32 Å². The van der Waals surface area contributed by atoms with Crippen LogP contribution in [-0.4, -0.2) is 38.1 Å². The SMILES string of the molecule is CCCCCCCCCN(C)CC1CCCNC1. The molecule has 1 rings (SSSR count). The van der Waals surface area contributed by atoms with Crippen LogP contribution in [0.1, 0.15) is 64.7 Å². The van der Waals surface area contributed by atoms with Crippen molar-refractivity contribution in [2.24, 2.45) is 5.92 Å². The Labute approximate surface area is 115 Å². The van der Waals surface area contributed by atoms with Crippen molar-refractivity contribution in [3.05, 3.63) is 0 Å². The molecule has 0 aliphatic carbocycles. The van der Waals surface area contributed by atoms with E-state index in [-0.39, 0.29) is 0 Å². The molecule has 108 valence electrons. The minimum absolute atomic E-state index is 0.897. The van der Waals surface area contributed by atoms with E-state index < -0.39 is 0 Å². The summed E-state index contributed by atoms with van der Waals surface area (Å²) >= 11 is 0. The van der Waals surface area contributed by atoms with Crippen LogP contribution in [0.15, 0.2) is 0 Å². The van der Waals surface area contributed by atoms with Gasteiger partial charge in [0, 0.05) is 6.54 Å². The maximum absolute atomic E-state index is 3.51. The predicted molar refractivity (Wildman–Crippen MR) is 81.1 cm³/mol. The maximum Gasteiger partial charge on any atom is 0.00187 e. The molecule has 1 unspecified atom stereocenters. The summed E-state index contributed by atoms with van der Waals surface area (Å²) in [5, 5.41) is 3.51. The zero-order valence-corrected chi connectivity index (χ0v) is 12.7. The summed E-state index contributed by atoms with van der Waals surface area (Å²) in [6.07, 6.45) is 12.7. The van der Waals surface area contributed by atoms with Crippen molar-refractivity contribution in [1.29, 1.82) is 0 Å². The molecule has 1 aliphatic heterocycles. The summed E-state index contributed by atoms with van der Waals surface area (Å²) in [6, 6.07) is 0. The van der Waals surface area contributed by atoms with Gasteiger partial charge in [0.1, 0.15) is 0 Å². The first-order valence-corrected chi connectivity index (χ1v) is 8.22. The van der Waals surface area contributed by atoms with Gasteiger partial charge < -0.3 is 10.2 Å². The Hall–Kier alpha value is -0.0800. The molecule has 1 atom stereocenters. The molecule has 1 N–H and O–H groups in total. The van der Waals surface area contributed by atoms with E-state index in [1.807, 2.05) is 0 Å². The van der Waals surface area contributed by atoms with E-state index in [4.69, 9.17) is 0 Å². The third kappa shape index (κ3) is 8.10. The van der Waals surface area contributed by atoms with E-state index in [1.54, 1.807) is 0 Å². The number of hydrogen-bond donors (Lipinski definition) is 1. The van der Waals surface area contributed by atoms with Gasteiger partial charge in [-0.25, -0.2) is 0 Å². The van der Waals surface area contributed by atoms with E-state index in [2.05, 4.69) is 24.2 Å². The average Bonchev–Trinajstić information content (AvgIpc) is 2.39. The van der Waals surface area contributed by atoms with Crippen LogP contribution in [0.3, 0.4) is 0 Å². The Balaban J connectivity index is 1.88. The summed E-state index contributed by atoms with van der Waals surface area (Å²) in [5.41, 5.74) is 0. The quantitative estimate of drug-likeness (QED) is 0.598.